The summed E-state index contributed by atoms with van der Waals surface area (Å²) in [6.45, 7) is 2.24. The minimum Gasteiger partial charge on any atom is -0.494 e. The van der Waals surface area contributed by atoms with Crippen LogP contribution in [0.3, 0.4) is 0 Å². The first-order valence-corrected chi connectivity index (χ1v) is 11.6. The van der Waals surface area contributed by atoms with Crippen molar-refractivity contribution in [3.63, 3.8) is 0 Å². The molecule has 0 aliphatic carbocycles. The van der Waals surface area contributed by atoms with Crippen LogP contribution in [0.5, 0.6) is 23.0 Å². The number of esters is 1. The Kier molecular flexibility index (Phi) is 8.33. The lowest BCUT2D eigenvalue weighted by molar-refractivity contribution is -0.123. The van der Waals surface area contributed by atoms with Gasteiger partial charge in [0.05, 0.1) is 25.5 Å². The fourth-order valence-electron chi connectivity index (χ4n) is 3.54. The van der Waals surface area contributed by atoms with Gasteiger partial charge in [0.1, 0.15) is 11.5 Å². The molecule has 0 bridgehead atoms. The van der Waals surface area contributed by atoms with Crippen LogP contribution >= 0.6 is 0 Å². The molecule has 0 heterocycles. The molecule has 0 aromatic heterocycles. The highest BCUT2D eigenvalue weighted by Gasteiger charge is 2.13. The van der Waals surface area contributed by atoms with Crippen LogP contribution in [0.2, 0.25) is 0 Å². The Balaban J connectivity index is 1.33. The number of methoxy groups -OCH3 is 1. The summed E-state index contributed by atoms with van der Waals surface area (Å²) in [4.78, 5) is 24.7. The smallest absolute Gasteiger partial charge is 0.343 e. The lowest BCUT2D eigenvalue weighted by atomic mass is 10.1. The van der Waals surface area contributed by atoms with Crippen molar-refractivity contribution in [2.45, 2.75) is 6.92 Å². The minimum atomic E-state index is -0.527. The first kappa shape index (κ1) is 25.2. The first-order chi connectivity index (χ1) is 18.1. The van der Waals surface area contributed by atoms with E-state index in [4.69, 9.17) is 18.9 Å². The molecule has 0 atom stereocenters. The Labute approximate surface area is 214 Å². The second-order valence-corrected chi connectivity index (χ2v) is 7.82. The van der Waals surface area contributed by atoms with E-state index >= 15 is 0 Å². The fraction of sp³-hybridized carbons (Fsp3) is 0.138. The van der Waals surface area contributed by atoms with Gasteiger partial charge in [0, 0.05) is 5.39 Å². The molecule has 4 aromatic carbocycles. The van der Waals surface area contributed by atoms with Gasteiger partial charge >= 0.3 is 5.97 Å². The molecule has 0 spiro atoms. The maximum absolute atomic E-state index is 12.5. The highest BCUT2D eigenvalue weighted by molar-refractivity contribution is 5.92. The van der Waals surface area contributed by atoms with E-state index in [0.29, 0.717) is 35.0 Å². The molecule has 4 aromatic rings. The molecule has 8 nitrogen and oxygen atoms in total. The Morgan fingerprint density at radius 1 is 0.865 bits per heavy atom. The second kappa shape index (κ2) is 12.2. The van der Waals surface area contributed by atoms with Gasteiger partial charge in [0.25, 0.3) is 5.91 Å². The van der Waals surface area contributed by atoms with Gasteiger partial charge in [0.15, 0.2) is 18.1 Å². The van der Waals surface area contributed by atoms with Crippen LogP contribution in [0.15, 0.2) is 90.0 Å². The number of rotatable bonds is 10. The molecule has 188 valence electrons. The molecular formula is C29H26N2O6. The maximum Gasteiger partial charge on any atom is 0.343 e. The van der Waals surface area contributed by atoms with Crippen molar-refractivity contribution in [2.75, 3.05) is 20.3 Å². The second-order valence-electron chi connectivity index (χ2n) is 7.82. The van der Waals surface area contributed by atoms with Crippen molar-refractivity contribution in [3.8, 4) is 23.0 Å². The summed E-state index contributed by atoms with van der Waals surface area (Å²) >= 11 is 0. The van der Waals surface area contributed by atoms with E-state index in [1.54, 1.807) is 42.5 Å². The molecule has 0 radical (unpaired) electrons. The van der Waals surface area contributed by atoms with Crippen LogP contribution < -0.4 is 24.4 Å². The molecule has 0 saturated carbocycles. The van der Waals surface area contributed by atoms with Crippen LogP contribution in [0.25, 0.3) is 10.8 Å². The maximum atomic E-state index is 12.5. The standard InChI is InChI=1S/C29H26N2O6/c1-3-35-23-14-12-22(13-15-23)29(33)37-26-16-11-20(17-27(26)34-2)18-30-31-28(32)19-36-25-10-6-8-21-7-4-5-9-24(21)25/h4-18H,3,19H2,1-2H3,(H,31,32)/b30-18+. The normalized spacial score (nSPS) is 10.8. The summed E-state index contributed by atoms with van der Waals surface area (Å²) in [5.74, 6) is 0.961. The summed E-state index contributed by atoms with van der Waals surface area (Å²) in [5.41, 5.74) is 3.45. The molecule has 37 heavy (non-hydrogen) atoms. The number of ether oxygens (including phenoxy) is 4. The minimum absolute atomic E-state index is 0.185. The third-order valence-corrected chi connectivity index (χ3v) is 5.30. The first-order valence-electron chi connectivity index (χ1n) is 11.6. The zero-order valence-electron chi connectivity index (χ0n) is 20.5. The van der Waals surface area contributed by atoms with E-state index < -0.39 is 11.9 Å². The van der Waals surface area contributed by atoms with E-state index in [-0.39, 0.29) is 12.4 Å². The SMILES string of the molecule is CCOc1ccc(C(=O)Oc2ccc(/C=N/NC(=O)COc3cccc4ccccc34)cc2OC)cc1. The molecule has 0 aliphatic heterocycles. The van der Waals surface area contributed by atoms with E-state index in [1.165, 1.54) is 13.3 Å². The summed E-state index contributed by atoms with van der Waals surface area (Å²) in [6, 6.07) is 25.1. The Bertz CT molecular complexity index is 1410. The lowest BCUT2D eigenvalue weighted by Gasteiger charge is -2.10. The molecule has 4 rings (SSSR count). The molecular weight excluding hydrogens is 472 g/mol. The van der Waals surface area contributed by atoms with E-state index in [2.05, 4.69) is 10.5 Å². The van der Waals surface area contributed by atoms with Crippen molar-refractivity contribution in [1.82, 2.24) is 5.43 Å². The average Bonchev–Trinajstić information content (AvgIpc) is 2.93. The summed E-state index contributed by atoms with van der Waals surface area (Å²) in [7, 11) is 1.47. The highest BCUT2D eigenvalue weighted by Crippen LogP contribution is 2.29. The van der Waals surface area contributed by atoms with E-state index in [9.17, 15) is 9.59 Å². The molecule has 1 amide bonds. The monoisotopic (exact) mass is 498 g/mol. The summed E-state index contributed by atoms with van der Waals surface area (Å²) in [6.07, 6.45) is 1.45. The average molecular weight is 499 g/mol. The van der Waals surface area contributed by atoms with Gasteiger partial charge in [-0.25, -0.2) is 10.2 Å². The lowest BCUT2D eigenvalue weighted by Crippen LogP contribution is -2.24. The molecule has 0 saturated heterocycles. The zero-order valence-corrected chi connectivity index (χ0v) is 20.5. The number of fused-ring (bicyclic) bond motifs is 1. The topological polar surface area (TPSA) is 95.5 Å². The number of carbonyl (C=O) groups excluding carboxylic acids is 2. The van der Waals surface area contributed by atoms with Crippen LogP contribution in [0.4, 0.5) is 0 Å². The van der Waals surface area contributed by atoms with Crippen molar-refractivity contribution < 1.29 is 28.5 Å². The number of carbonyl (C=O) groups is 2. The fourth-order valence-corrected chi connectivity index (χ4v) is 3.54. The van der Waals surface area contributed by atoms with Gasteiger partial charge in [-0.15, -0.1) is 0 Å². The number of hydrazone groups is 1. The van der Waals surface area contributed by atoms with Crippen LogP contribution in [0, 0.1) is 0 Å². The number of nitrogens with zero attached hydrogens (tertiary/aromatic N) is 1. The Morgan fingerprint density at radius 3 is 2.43 bits per heavy atom. The summed E-state index contributed by atoms with van der Waals surface area (Å²) < 4.78 is 21.9. The predicted molar refractivity (Wildman–Crippen MR) is 141 cm³/mol. The number of amides is 1. The van der Waals surface area contributed by atoms with Gasteiger partial charge in [-0.3, -0.25) is 4.79 Å². The van der Waals surface area contributed by atoms with Crippen molar-refractivity contribution in [3.05, 3.63) is 96.1 Å². The zero-order chi connectivity index (χ0) is 26.0. The molecule has 0 unspecified atom stereocenters. The van der Waals surface area contributed by atoms with Crippen LogP contribution in [0.1, 0.15) is 22.8 Å². The van der Waals surface area contributed by atoms with Crippen LogP contribution in [-0.2, 0) is 4.79 Å². The number of hydrogen-bond donors (Lipinski definition) is 1. The van der Waals surface area contributed by atoms with Gasteiger partial charge in [0.2, 0.25) is 0 Å². The quantitative estimate of drug-likeness (QED) is 0.143. The van der Waals surface area contributed by atoms with Crippen molar-refractivity contribution >= 4 is 28.9 Å². The predicted octanol–water partition coefficient (Wildman–Crippen LogP) is 5.00. The molecule has 0 aliphatic rings. The van der Waals surface area contributed by atoms with Gasteiger partial charge < -0.3 is 18.9 Å². The highest BCUT2D eigenvalue weighted by atomic mass is 16.6. The number of hydrogen-bond acceptors (Lipinski definition) is 7. The number of nitrogens with one attached hydrogen (secondary N) is 1. The molecule has 8 heteroatoms. The van der Waals surface area contributed by atoms with Crippen molar-refractivity contribution in [2.24, 2.45) is 5.10 Å². The summed E-state index contributed by atoms with van der Waals surface area (Å²) in [5, 5.41) is 5.93. The van der Waals surface area contributed by atoms with Crippen LogP contribution in [-0.4, -0.2) is 38.4 Å². The van der Waals surface area contributed by atoms with E-state index in [0.717, 1.165) is 10.8 Å². The third-order valence-electron chi connectivity index (χ3n) is 5.30. The van der Waals surface area contributed by atoms with Gasteiger partial charge in [-0.1, -0.05) is 36.4 Å². The number of benzene rings is 4. The van der Waals surface area contributed by atoms with Gasteiger partial charge in [-0.05, 0) is 66.4 Å². The van der Waals surface area contributed by atoms with Crippen molar-refractivity contribution in [1.29, 1.82) is 0 Å². The molecule has 0 fully saturated rings. The Hall–Kier alpha value is -4.85. The largest absolute Gasteiger partial charge is 0.494 e. The van der Waals surface area contributed by atoms with E-state index in [1.807, 2.05) is 49.4 Å². The van der Waals surface area contributed by atoms with Gasteiger partial charge in [-0.2, -0.15) is 5.10 Å². The molecule has 1 N–H and O–H groups in total. The third kappa shape index (κ3) is 6.64. The Morgan fingerprint density at radius 2 is 1.65 bits per heavy atom.